The van der Waals surface area contributed by atoms with Crippen molar-refractivity contribution >= 4 is 21.6 Å². The van der Waals surface area contributed by atoms with Crippen LogP contribution in [0, 0.1) is 18.4 Å². The average Bonchev–Trinajstić information content (AvgIpc) is 2.40. The molecule has 0 aromatic heterocycles. The molecule has 4 heteroatoms. The van der Waals surface area contributed by atoms with Crippen molar-refractivity contribution < 1.29 is 5.11 Å². The lowest BCUT2D eigenvalue weighted by Crippen LogP contribution is -2.18. The second kappa shape index (κ2) is 5.77. The summed E-state index contributed by atoms with van der Waals surface area (Å²) >= 11 is 3.52. The Morgan fingerprint density at radius 2 is 1.89 bits per heavy atom. The van der Waals surface area contributed by atoms with E-state index >= 15 is 0 Å². The fraction of sp³-hybridized carbons (Fsp3) is 0.133. The van der Waals surface area contributed by atoms with E-state index in [1.54, 1.807) is 29.2 Å². The molecule has 0 fully saturated rings. The SMILES string of the molecule is Cc1cccc(N(C#N)C(Br)c2ccc(O)cc2)c1. The minimum absolute atomic E-state index is 0.211. The van der Waals surface area contributed by atoms with Crippen LogP contribution in [0.4, 0.5) is 5.69 Å². The Labute approximate surface area is 120 Å². The maximum atomic E-state index is 9.35. The fourth-order valence-corrected chi connectivity index (χ4v) is 2.43. The number of nitriles is 1. The summed E-state index contributed by atoms with van der Waals surface area (Å²) in [5.41, 5.74) is 2.83. The van der Waals surface area contributed by atoms with Crippen LogP contribution in [0.2, 0.25) is 0 Å². The Balaban J connectivity index is 2.32. The molecule has 3 nitrogen and oxygen atoms in total. The molecule has 0 amide bonds. The summed E-state index contributed by atoms with van der Waals surface area (Å²) in [7, 11) is 0. The second-order valence-electron chi connectivity index (χ2n) is 4.24. The van der Waals surface area contributed by atoms with Crippen LogP contribution >= 0.6 is 15.9 Å². The number of rotatable bonds is 3. The summed E-state index contributed by atoms with van der Waals surface area (Å²) < 4.78 is 0. The molecule has 2 aromatic carbocycles. The monoisotopic (exact) mass is 316 g/mol. The molecule has 0 aliphatic rings. The van der Waals surface area contributed by atoms with Gasteiger partial charge >= 0.3 is 0 Å². The number of hydrogen-bond donors (Lipinski definition) is 1. The summed E-state index contributed by atoms with van der Waals surface area (Å²) in [5, 5.41) is 18.6. The quantitative estimate of drug-likeness (QED) is 0.401. The van der Waals surface area contributed by atoms with Crippen LogP contribution in [-0.4, -0.2) is 5.11 Å². The standard InChI is InChI=1S/C15H13BrN2O/c1-11-3-2-4-13(9-11)18(10-17)15(16)12-5-7-14(19)8-6-12/h2-9,15,19H,1H3. The molecule has 0 bridgehead atoms. The highest BCUT2D eigenvalue weighted by Crippen LogP contribution is 2.32. The van der Waals surface area contributed by atoms with Crippen molar-refractivity contribution in [1.82, 2.24) is 0 Å². The molecule has 2 rings (SSSR count). The Morgan fingerprint density at radius 3 is 2.47 bits per heavy atom. The lowest BCUT2D eigenvalue weighted by atomic mass is 10.1. The van der Waals surface area contributed by atoms with Gasteiger partial charge in [-0.05, 0) is 42.3 Å². The van der Waals surface area contributed by atoms with Crippen molar-refractivity contribution in [3.63, 3.8) is 0 Å². The molecule has 0 aliphatic heterocycles. The van der Waals surface area contributed by atoms with Gasteiger partial charge in [0.05, 0.1) is 5.69 Å². The van der Waals surface area contributed by atoms with E-state index in [0.717, 1.165) is 16.8 Å². The van der Waals surface area contributed by atoms with Crippen LogP contribution < -0.4 is 4.90 Å². The zero-order chi connectivity index (χ0) is 13.8. The zero-order valence-electron chi connectivity index (χ0n) is 10.4. The van der Waals surface area contributed by atoms with Gasteiger partial charge in [0.1, 0.15) is 10.7 Å². The Hall–Kier alpha value is -1.99. The van der Waals surface area contributed by atoms with E-state index in [1.807, 2.05) is 31.2 Å². The highest BCUT2D eigenvalue weighted by atomic mass is 79.9. The van der Waals surface area contributed by atoms with E-state index in [-0.39, 0.29) is 10.7 Å². The predicted molar refractivity (Wildman–Crippen MR) is 79.0 cm³/mol. The first-order valence-corrected chi connectivity index (χ1v) is 6.72. The summed E-state index contributed by atoms with van der Waals surface area (Å²) in [4.78, 5) is 1.32. The molecule has 1 N–H and O–H groups in total. The number of alkyl halides is 1. The topological polar surface area (TPSA) is 47.3 Å². The van der Waals surface area contributed by atoms with Crippen molar-refractivity contribution in [1.29, 1.82) is 5.26 Å². The number of benzene rings is 2. The van der Waals surface area contributed by atoms with E-state index in [0.29, 0.717) is 0 Å². The molecule has 96 valence electrons. The van der Waals surface area contributed by atoms with Crippen LogP contribution in [-0.2, 0) is 0 Å². The third kappa shape index (κ3) is 3.07. The number of phenolic OH excluding ortho intramolecular Hbond substituents is 1. The first kappa shape index (κ1) is 13.4. The van der Waals surface area contributed by atoms with Crippen LogP contribution in [0.3, 0.4) is 0 Å². The number of hydrogen-bond acceptors (Lipinski definition) is 3. The molecule has 0 aliphatic carbocycles. The first-order valence-electron chi connectivity index (χ1n) is 5.80. The molecule has 2 aromatic rings. The van der Waals surface area contributed by atoms with Crippen LogP contribution in [0.25, 0.3) is 0 Å². The molecular formula is C15H13BrN2O. The largest absolute Gasteiger partial charge is 0.508 e. The molecule has 1 atom stereocenters. The molecule has 0 radical (unpaired) electrons. The average molecular weight is 317 g/mol. The second-order valence-corrected chi connectivity index (χ2v) is 5.10. The Kier molecular flexibility index (Phi) is 4.08. The molecule has 0 spiro atoms. The van der Waals surface area contributed by atoms with Gasteiger partial charge in [0, 0.05) is 0 Å². The minimum atomic E-state index is -0.264. The molecule has 1 unspecified atom stereocenters. The van der Waals surface area contributed by atoms with E-state index in [9.17, 15) is 10.4 Å². The minimum Gasteiger partial charge on any atom is -0.508 e. The van der Waals surface area contributed by atoms with Crippen molar-refractivity contribution in [3.8, 4) is 11.9 Å². The fourth-order valence-electron chi connectivity index (χ4n) is 1.80. The maximum absolute atomic E-state index is 9.35. The number of phenols is 1. The van der Waals surface area contributed by atoms with Gasteiger partial charge in [-0.3, -0.25) is 4.90 Å². The van der Waals surface area contributed by atoms with Gasteiger partial charge in [-0.2, -0.15) is 5.26 Å². The number of anilines is 1. The lowest BCUT2D eigenvalue weighted by molar-refractivity contribution is 0.475. The third-order valence-electron chi connectivity index (χ3n) is 2.78. The molecule has 0 saturated carbocycles. The van der Waals surface area contributed by atoms with Gasteiger partial charge in [-0.1, -0.05) is 40.2 Å². The number of aryl methyl sites for hydroxylation is 1. The van der Waals surface area contributed by atoms with Crippen LogP contribution in [0.15, 0.2) is 48.5 Å². The third-order valence-corrected chi connectivity index (χ3v) is 3.72. The number of halogens is 1. The maximum Gasteiger partial charge on any atom is 0.185 e. The number of aromatic hydroxyl groups is 1. The Morgan fingerprint density at radius 1 is 1.21 bits per heavy atom. The van der Waals surface area contributed by atoms with Gasteiger partial charge in [0.2, 0.25) is 0 Å². The van der Waals surface area contributed by atoms with Gasteiger partial charge < -0.3 is 5.11 Å². The molecular weight excluding hydrogens is 304 g/mol. The highest BCUT2D eigenvalue weighted by molar-refractivity contribution is 9.09. The predicted octanol–water partition coefficient (Wildman–Crippen LogP) is 4.08. The van der Waals surface area contributed by atoms with Crippen molar-refractivity contribution in [2.45, 2.75) is 11.9 Å². The highest BCUT2D eigenvalue weighted by Gasteiger charge is 2.17. The van der Waals surface area contributed by atoms with Crippen molar-refractivity contribution in [3.05, 3.63) is 59.7 Å². The normalized spacial score (nSPS) is 11.6. The summed E-state index contributed by atoms with van der Waals surface area (Å²) in [6.45, 7) is 1.99. The van der Waals surface area contributed by atoms with Crippen molar-refractivity contribution in [2.75, 3.05) is 4.90 Å². The summed E-state index contributed by atoms with van der Waals surface area (Å²) in [5.74, 6) is 0.211. The van der Waals surface area contributed by atoms with E-state index in [2.05, 4.69) is 22.1 Å². The lowest BCUT2D eigenvalue weighted by Gasteiger charge is -2.22. The van der Waals surface area contributed by atoms with Crippen LogP contribution in [0.5, 0.6) is 5.75 Å². The van der Waals surface area contributed by atoms with Gasteiger partial charge in [0.15, 0.2) is 6.19 Å². The molecule has 19 heavy (non-hydrogen) atoms. The van der Waals surface area contributed by atoms with Crippen LogP contribution in [0.1, 0.15) is 16.1 Å². The van der Waals surface area contributed by atoms with E-state index in [4.69, 9.17) is 0 Å². The molecule has 0 heterocycles. The summed E-state index contributed by atoms with van der Waals surface area (Å²) in [6, 6.07) is 14.5. The number of nitrogens with zero attached hydrogens (tertiary/aromatic N) is 2. The summed E-state index contributed by atoms with van der Waals surface area (Å²) in [6.07, 6.45) is 2.18. The molecule has 0 saturated heterocycles. The van der Waals surface area contributed by atoms with Gasteiger partial charge in [-0.25, -0.2) is 0 Å². The zero-order valence-corrected chi connectivity index (χ0v) is 12.0. The van der Waals surface area contributed by atoms with E-state index < -0.39 is 0 Å². The Bertz CT molecular complexity index is 604. The van der Waals surface area contributed by atoms with E-state index in [1.165, 1.54) is 0 Å². The smallest absolute Gasteiger partial charge is 0.185 e. The van der Waals surface area contributed by atoms with Gasteiger partial charge in [0.25, 0.3) is 0 Å². The van der Waals surface area contributed by atoms with Crippen molar-refractivity contribution in [2.24, 2.45) is 0 Å². The first-order chi connectivity index (χ1) is 9.11. The van der Waals surface area contributed by atoms with Gasteiger partial charge in [-0.15, -0.1) is 0 Å².